The number of nitrogens with one attached hydrogen (secondary N) is 1. The number of aryl methyl sites for hydroxylation is 2. The summed E-state index contributed by atoms with van der Waals surface area (Å²) in [6.07, 6.45) is 1.35. The van der Waals surface area contributed by atoms with E-state index in [1.165, 1.54) is 31.5 Å². The van der Waals surface area contributed by atoms with Crippen molar-refractivity contribution in [1.82, 2.24) is 9.99 Å². The Morgan fingerprint density at radius 1 is 0.974 bits per heavy atom. The highest BCUT2D eigenvalue weighted by Gasteiger charge is 2.13. The van der Waals surface area contributed by atoms with Gasteiger partial charge in [-0.1, -0.05) is 23.2 Å². The van der Waals surface area contributed by atoms with Crippen molar-refractivity contribution in [2.24, 2.45) is 5.10 Å². The molecule has 1 amide bonds. The Hall–Kier alpha value is -4.21. The minimum atomic E-state index is -0.574. The zero-order valence-corrected chi connectivity index (χ0v) is 22.9. The summed E-state index contributed by atoms with van der Waals surface area (Å²) in [7, 11) is 1.24. The highest BCUT2D eigenvalue weighted by atomic mass is 35.5. The number of carbonyl (C=O) groups is 2. The molecule has 2 heterocycles. The van der Waals surface area contributed by atoms with Gasteiger partial charge in [-0.05, 0) is 80.1 Å². The quantitative estimate of drug-likeness (QED) is 0.145. The number of rotatable bonds is 10. The van der Waals surface area contributed by atoms with Gasteiger partial charge in [-0.3, -0.25) is 4.79 Å². The van der Waals surface area contributed by atoms with Crippen LogP contribution in [0.5, 0.6) is 11.5 Å². The molecule has 0 aliphatic heterocycles. The Kier molecular flexibility index (Phi) is 8.96. The maximum Gasteiger partial charge on any atom is 0.343 e. The topological polar surface area (TPSA) is 104 Å². The number of halogens is 2. The molecule has 0 aliphatic rings. The van der Waals surface area contributed by atoms with Gasteiger partial charge in [0.05, 0.1) is 23.4 Å². The van der Waals surface area contributed by atoms with Gasteiger partial charge in [0.15, 0.2) is 18.1 Å². The maximum absolute atomic E-state index is 12.4. The minimum Gasteiger partial charge on any atom is -0.486 e. The third-order valence-electron chi connectivity index (χ3n) is 5.59. The number of esters is 1. The van der Waals surface area contributed by atoms with E-state index < -0.39 is 11.9 Å². The molecule has 0 atom stereocenters. The molecule has 2 aromatic carbocycles. The van der Waals surface area contributed by atoms with Crippen molar-refractivity contribution >= 4 is 41.3 Å². The van der Waals surface area contributed by atoms with Gasteiger partial charge in [0.2, 0.25) is 0 Å². The minimum absolute atomic E-state index is 0.0716. The molecule has 11 heteroatoms. The van der Waals surface area contributed by atoms with Gasteiger partial charge in [0, 0.05) is 17.1 Å². The molecule has 9 nitrogen and oxygen atoms in total. The first-order valence-corrected chi connectivity index (χ1v) is 12.5. The first kappa shape index (κ1) is 27.8. The number of hydrogen-bond acceptors (Lipinski definition) is 7. The van der Waals surface area contributed by atoms with Crippen LogP contribution in [0.25, 0.3) is 5.69 Å². The average Bonchev–Trinajstić information content (AvgIpc) is 3.53. The third kappa shape index (κ3) is 7.01. The van der Waals surface area contributed by atoms with Gasteiger partial charge in [-0.25, -0.2) is 10.2 Å². The number of hydrazone groups is 1. The van der Waals surface area contributed by atoms with E-state index in [9.17, 15) is 9.59 Å². The maximum atomic E-state index is 12.4. The molecule has 0 spiro atoms. The van der Waals surface area contributed by atoms with E-state index in [0.29, 0.717) is 17.1 Å². The van der Waals surface area contributed by atoms with Crippen molar-refractivity contribution in [3.63, 3.8) is 0 Å². The zero-order chi connectivity index (χ0) is 27.9. The number of amides is 1. The number of hydrogen-bond donors (Lipinski definition) is 1. The molecule has 202 valence electrons. The van der Waals surface area contributed by atoms with Crippen molar-refractivity contribution < 1.29 is 28.2 Å². The lowest BCUT2D eigenvalue weighted by Gasteiger charge is -2.10. The number of carbonyl (C=O) groups excluding carboxylic acids is 2. The van der Waals surface area contributed by atoms with Crippen LogP contribution in [0, 0.1) is 13.8 Å². The van der Waals surface area contributed by atoms with Gasteiger partial charge in [-0.15, -0.1) is 0 Å². The Morgan fingerprint density at radius 3 is 2.28 bits per heavy atom. The molecular weight excluding hydrogens is 545 g/mol. The van der Waals surface area contributed by atoms with E-state index in [2.05, 4.69) is 45.8 Å². The Morgan fingerprint density at radius 2 is 1.64 bits per heavy atom. The number of benzene rings is 2. The van der Waals surface area contributed by atoms with Gasteiger partial charge >= 0.3 is 11.9 Å². The van der Waals surface area contributed by atoms with Gasteiger partial charge < -0.3 is 23.2 Å². The van der Waals surface area contributed by atoms with Crippen LogP contribution >= 0.6 is 23.2 Å². The fourth-order valence-electron chi connectivity index (χ4n) is 3.70. The summed E-state index contributed by atoms with van der Waals surface area (Å²) in [6, 6.07) is 18.1. The summed E-state index contributed by atoms with van der Waals surface area (Å²) >= 11 is 12.4. The van der Waals surface area contributed by atoms with Crippen LogP contribution in [-0.2, 0) is 16.1 Å². The van der Waals surface area contributed by atoms with E-state index in [1.54, 1.807) is 6.07 Å². The third-order valence-corrected chi connectivity index (χ3v) is 6.16. The second-order valence-corrected chi connectivity index (χ2v) is 9.19. The first-order chi connectivity index (χ1) is 18.7. The van der Waals surface area contributed by atoms with Crippen molar-refractivity contribution in [3.05, 3.63) is 99.2 Å². The molecule has 0 unspecified atom stereocenters. The van der Waals surface area contributed by atoms with Gasteiger partial charge in [0.1, 0.15) is 18.1 Å². The standard InChI is InChI=1S/C28H25Cl2N3O6/c1-17-4-5-18(2)33(17)20-6-8-21(9-7-20)37-15-22-10-11-25(39-22)28(35)32-31-14-19-12-23(29)27(24(30)13-19)38-16-26(34)36-3/h4-14H,15-16H2,1-3H3,(H,32,35)/b31-14+. The van der Waals surface area contributed by atoms with E-state index in [1.807, 2.05) is 24.3 Å². The summed E-state index contributed by atoms with van der Waals surface area (Å²) in [4.78, 5) is 23.7. The lowest BCUT2D eigenvalue weighted by molar-refractivity contribution is -0.142. The zero-order valence-electron chi connectivity index (χ0n) is 21.4. The number of methoxy groups -OCH3 is 1. The Balaban J connectivity index is 1.30. The fourth-order valence-corrected chi connectivity index (χ4v) is 4.31. The van der Waals surface area contributed by atoms with Crippen molar-refractivity contribution in [2.75, 3.05) is 13.7 Å². The lowest BCUT2D eigenvalue weighted by atomic mass is 10.2. The number of nitrogens with zero attached hydrogens (tertiary/aromatic N) is 2. The number of ether oxygens (including phenoxy) is 3. The van der Waals surface area contributed by atoms with E-state index in [0.717, 1.165) is 17.1 Å². The molecule has 0 radical (unpaired) electrons. The van der Waals surface area contributed by atoms with E-state index in [-0.39, 0.29) is 34.8 Å². The van der Waals surface area contributed by atoms with E-state index in [4.69, 9.17) is 37.1 Å². The van der Waals surface area contributed by atoms with Crippen LogP contribution in [-0.4, -0.2) is 36.4 Å². The van der Waals surface area contributed by atoms with Crippen LogP contribution < -0.4 is 14.9 Å². The smallest absolute Gasteiger partial charge is 0.343 e. The van der Waals surface area contributed by atoms with Gasteiger partial charge in [0.25, 0.3) is 0 Å². The SMILES string of the molecule is COC(=O)COc1c(Cl)cc(/C=N/NC(=O)c2ccc(COc3ccc(-n4c(C)ccc4C)cc3)o2)cc1Cl. The van der Waals surface area contributed by atoms with Crippen LogP contribution in [0.4, 0.5) is 0 Å². The summed E-state index contributed by atoms with van der Waals surface area (Å²) in [5, 5.41) is 4.24. The fraction of sp³-hybridized carbons (Fsp3) is 0.179. The second kappa shape index (κ2) is 12.6. The first-order valence-electron chi connectivity index (χ1n) is 11.7. The second-order valence-electron chi connectivity index (χ2n) is 8.38. The van der Waals surface area contributed by atoms with E-state index >= 15 is 0 Å². The van der Waals surface area contributed by atoms with Crippen molar-refractivity contribution in [1.29, 1.82) is 0 Å². The Bertz CT molecular complexity index is 1470. The van der Waals surface area contributed by atoms with Crippen molar-refractivity contribution in [2.45, 2.75) is 20.5 Å². The van der Waals surface area contributed by atoms with Crippen LogP contribution in [0.3, 0.4) is 0 Å². The summed E-state index contributed by atoms with van der Waals surface area (Å²) in [5.74, 6) is 0.239. The number of aromatic nitrogens is 1. The van der Waals surface area contributed by atoms with Crippen LogP contribution in [0.2, 0.25) is 10.0 Å². The summed E-state index contributed by atoms with van der Waals surface area (Å²) in [5.41, 5.74) is 6.23. The summed E-state index contributed by atoms with van der Waals surface area (Å²) in [6.45, 7) is 3.93. The highest BCUT2D eigenvalue weighted by Crippen LogP contribution is 2.33. The number of furan rings is 1. The molecule has 0 fully saturated rings. The molecule has 0 saturated carbocycles. The van der Waals surface area contributed by atoms with Crippen LogP contribution in [0.15, 0.2) is 70.2 Å². The molecule has 39 heavy (non-hydrogen) atoms. The molecule has 2 aromatic heterocycles. The molecule has 4 rings (SSSR count). The average molecular weight is 570 g/mol. The largest absolute Gasteiger partial charge is 0.486 e. The predicted molar refractivity (Wildman–Crippen MR) is 147 cm³/mol. The molecule has 0 aliphatic carbocycles. The summed E-state index contributed by atoms with van der Waals surface area (Å²) < 4.78 is 23.3. The molecule has 1 N–H and O–H groups in total. The van der Waals surface area contributed by atoms with Crippen LogP contribution in [0.1, 0.15) is 33.3 Å². The molecule has 0 bridgehead atoms. The Labute approximate surface area is 234 Å². The molecule has 0 saturated heterocycles. The molecule has 4 aromatic rings. The monoisotopic (exact) mass is 569 g/mol. The lowest BCUT2D eigenvalue weighted by Crippen LogP contribution is -2.16. The van der Waals surface area contributed by atoms with Crippen molar-refractivity contribution in [3.8, 4) is 17.2 Å². The highest BCUT2D eigenvalue weighted by molar-refractivity contribution is 6.37. The van der Waals surface area contributed by atoms with Gasteiger partial charge in [-0.2, -0.15) is 5.10 Å². The normalized spacial score (nSPS) is 11.0. The predicted octanol–water partition coefficient (Wildman–Crippen LogP) is 5.89. The molecular formula is C28H25Cl2N3O6.